The van der Waals surface area contributed by atoms with Gasteiger partial charge < -0.3 is 16.8 Å². The average molecular weight is 267 g/mol. The maximum Gasteiger partial charge on any atom is 0.248 e. The molecule has 1 aromatic carbocycles. The van der Waals surface area contributed by atoms with Crippen molar-refractivity contribution < 1.29 is 9.59 Å². The van der Waals surface area contributed by atoms with Gasteiger partial charge in [-0.15, -0.1) is 0 Å². The number of carbonyl (C=O) groups is 2. The lowest BCUT2D eigenvalue weighted by atomic mass is 10.2. The Morgan fingerprint density at radius 3 is 2.44 bits per heavy atom. The third-order valence-electron chi connectivity index (χ3n) is 2.41. The zero-order valence-corrected chi connectivity index (χ0v) is 11.0. The van der Waals surface area contributed by atoms with Crippen molar-refractivity contribution in [3.05, 3.63) is 29.8 Å². The molecule has 0 saturated heterocycles. The number of thioether (sulfide) groups is 1. The molecule has 1 aromatic rings. The second-order valence-electron chi connectivity index (χ2n) is 3.82. The van der Waals surface area contributed by atoms with Crippen LogP contribution in [0.3, 0.4) is 0 Å². The second-order valence-corrected chi connectivity index (χ2v) is 4.80. The summed E-state index contributed by atoms with van der Waals surface area (Å²) in [6.07, 6.45) is 2.60. The highest BCUT2D eigenvalue weighted by atomic mass is 32.2. The molecule has 0 spiro atoms. The topological polar surface area (TPSA) is 98.2 Å². The van der Waals surface area contributed by atoms with Crippen LogP contribution in [0.4, 0.5) is 5.69 Å². The zero-order valence-electron chi connectivity index (χ0n) is 10.2. The molecule has 1 rings (SSSR count). The predicted molar refractivity (Wildman–Crippen MR) is 74.6 cm³/mol. The van der Waals surface area contributed by atoms with Crippen molar-refractivity contribution in [2.24, 2.45) is 11.5 Å². The standard InChI is InChI=1S/C12H17N3O2S/c1-18-7-6-10(13)12(17)15-9-4-2-8(3-5-9)11(14)16/h2-5,10H,6-7,13H2,1H3,(H2,14,16)(H,15,17)/t10-/m0/s1. The number of anilines is 1. The van der Waals surface area contributed by atoms with E-state index in [0.717, 1.165) is 5.75 Å². The van der Waals surface area contributed by atoms with Gasteiger partial charge in [0.05, 0.1) is 6.04 Å². The van der Waals surface area contributed by atoms with E-state index in [9.17, 15) is 9.59 Å². The van der Waals surface area contributed by atoms with Crippen molar-refractivity contribution in [2.75, 3.05) is 17.3 Å². The van der Waals surface area contributed by atoms with E-state index in [0.29, 0.717) is 17.7 Å². The van der Waals surface area contributed by atoms with Crippen LogP contribution < -0.4 is 16.8 Å². The van der Waals surface area contributed by atoms with Crippen LogP contribution in [0.5, 0.6) is 0 Å². The molecule has 6 heteroatoms. The monoisotopic (exact) mass is 267 g/mol. The third-order valence-corrected chi connectivity index (χ3v) is 3.05. The van der Waals surface area contributed by atoms with Crippen LogP contribution in [0.25, 0.3) is 0 Å². The Hall–Kier alpha value is -1.53. The van der Waals surface area contributed by atoms with E-state index < -0.39 is 11.9 Å². The molecule has 0 radical (unpaired) electrons. The van der Waals surface area contributed by atoms with Gasteiger partial charge in [-0.2, -0.15) is 11.8 Å². The largest absolute Gasteiger partial charge is 0.366 e. The highest BCUT2D eigenvalue weighted by Crippen LogP contribution is 2.10. The van der Waals surface area contributed by atoms with Gasteiger partial charge in [-0.3, -0.25) is 9.59 Å². The SMILES string of the molecule is CSCC[C@H](N)C(=O)Nc1ccc(C(N)=O)cc1. The normalized spacial score (nSPS) is 11.9. The van der Waals surface area contributed by atoms with E-state index in [2.05, 4.69) is 5.32 Å². The van der Waals surface area contributed by atoms with Gasteiger partial charge in [0.15, 0.2) is 0 Å². The summed E-state index contributed by atoms with van der Waals surface area (Å²) >= 11 is 1.65. The van der Waals surface area contributed by atoms with Crippen molar-refractivity contribution >= 4 is 29.3 Å². The summed E-state index contributed by atoms with van der Waals surface area (Å²) in [4.78, 5) is 22.6. The third kappa shape index (κ3) is 4.38. The van der Waals surface area contributed by atoms with E-state index in [4.69, 9.17) is 11.5 Å². The van der Waals surface area contributed by atoms with Crippen molar-refractivity contribution in [3.8, 4) is 0 Å². The molecule has 98 valence electrons. The lowest BCUT2D eigenvalue weighted by Gasteiger charge is -2.11. The average Bonchev–Trinajstić information content (AvgIpc) is 2.36. The number of hydrogen-bond acceptors (Lipinski definition) is 4. The van der Waals surface area contributed by atoms with Crippen LogP contribution in [0.15, 0.2) is 24.3 Å². The first-order valence-electron chi connectivity index (χ1n) is 5.50. The van der Waals surface area contributed by atoms with Gasteiger partial charge in [0.25, 0.3) is 0 Å². The van der Waals surface area contributed by atoms with Crippen LogP contribution in [0.2, 0.25) is 0 Å². The molecule has 2 amide bonds. The van der Waals surface area contributed by atoms with Crippen LogP contribution in [-0.4, -0.2) is 29.9 Å². The maximum absolute atomic E-state index is 11.7. The molecule has 0 fully saturated rings. The van der Waals surface area contributed by atoms with E-state index in [1.54, 1.807) is 36.0 Å². The Morgan fingerprint density at radius 1 is 1.33 bits per heavy atom. The Labute approximate surface area is 110 Å². The molecule has 5 N–H and O–H groups in total. The van der Waals surface area contributed by atoms with Gasteiger partial charge in [-0.1, -0.05) is 0 Å². The first-order valence-corrected chi connectivity index (χ1v) is 6.89. The number of hydrogen-bond donors (Lipinski definition) is 3. The Kier molecular flexibility index (Phi) is 5.67. The van der Waals surface area contributed by atoms with Crippen LogP contribution in [0, 0.1) is 0 Å². The summed E-state index contributed by atoms with van der Waals surface area (Å²) in [7, 11) is 0. The summed E-state index contributed by atoms with van der Waals surface area (Å²) < 4.78 is 0. The van der Waals surface area contributed by atoms with E-state index in [1.165, 1.54) is 0 Å². The van der Waals surface area contributed by atoms with Gasteiger partial charge in [0, 0.05) is 11.3 Å². The number of rotatable bonds is 6. The van der Waals surface area contributed by atoms with Gasteiger partial charge in [-0.05, 0) is 42.7 Å². The zero-order chi connectivity index (χ0) is 13.5. The summed E-state index contributed by atoms with van der Waals surface area (Å²) in [5.74, 6) is 0.121. The smallest absolute Gasteiger partial charge is 0.248 e. The lowest BCUT2D eigenvalue weighted by molar-refractivity contribution is -0.117. The fraction of sp³-hybridized carbons (Fsp3) is 0.333. The van der Waals surface area contributed by atoms with Crippen molar-refractivity contribution in [3.63, 3.8) is 0 Å². The van der Waals surface area contributed by atoms with Crippen molar-refractivity contribution in [2.45, 2.75) is 12.5 Å². The number of carbonyl (C=O) groups excluding carboxylic acids is 2. The summed E-state index contributed by atoms with van der Waals surface area (Å²) in [6.45, 7) is 0. The van der Waals surface area contributed by atoms with Gasteiger partial charge in [0.2, 0.25) is 11.8 Å². The number of nitrogens with one attached hydrogen (secondary N) is 1. The molecule has 18 heavy (non-hydrogen) atoms. The summed E-state index contributed by atoms with van der Waals surface area (Å²) in [5, 5.41) is 2.69. The quantitative estimate of drug-likeness (QED) is 0.710. The first-order chi connectivity index (χ1) is 8.54. The molecule has 0 aliphatic heterocycles. The molecule has 0 heterocycles. The lowest BCUT2D eigenvalue weighted by Crippen LogP contribution is -2.36. The highest BCUT2D eigenvalue weighted by Gasteiger charge is 2.12. The van der Waals surface area contributed by atoms with Crippen LogP contribution >= 0.6 is 11.8 Å². The number of primary amides is 1. The predicted octanol–water partition coefficient (Wildman–Crippen LogP) is 0.804. The molecule has 5 nitrogen and oxygen atoms in total. The molecular formula is C12H17N3O2S. The highest BCUT2D eigenvalue weighted by molar-refractivity contribution is 7.98. The summed E-state index contributed by atoms with van der Waals surface area (Å²) in [5.41, 5.74) is 11.9. The van der Waals surface area contributed by atoms with Gasteiger partial charge in [0.1, 0.15) is 0 Å². The molecule has 0 unspecified atom stereocenters. The molecule has 0 aliphatic carbocycles. The van der Waals surface area contributed by atoms with Crippen LogP contribution in [0.1, 0.15) is 16.8 Å². The number of benzene rings is 1. The molecule has 0 saturated carbocycles. The first kappa shape index (κ1) is 14.5. The second kappa shape index (κ2) is 7.03. The molecule has 1 atom stereocenters. The Morgan fingerprint density at radius 2 is 1.94 bits per heavy atom. The number of nitrogens with two attached hydrogens (primary N) is 2. The van der Waals surface area contributed by atoms with Crippen LogP contribution in [-0.2, 0) is 4.79 Å². The minimum absolute atomic E-state index is 0.226. The van der Waals surface area contributed by atoms with E-state index in [1.807, 2.05) is 6.26 Å². The minimum Gasteiger partial charge on any atom is -0.366 e. The Bertz CT molecular complexity index is 420. The molecule has 0 bridgehead atoms. The molecule has 0 aliphatic rings. The van der Waals surface area contributed by atoms with Gasteiger partial charge in [-0.25, -0.2) is 0 Å². The molecular weight excluding hydrogens is 250 g/mol. The van der Waals surface area contributed by atoms with Crippen molar-refractivity contribution in [1.29, 1.82) is 0 Å². The molecule has 0 aromatic heterocycles. The minimum atomic E-state index is -0.520. The van der Waals surface area contributed by atoms with Gasteiger partial charge >= 0.3 is 0 Å². The van der Waals surface area contributed by atoms with Crippen molar-refractivity contribution in [1.82, 2.24) is 0 Å². The van der Waals surface area contributed by atoms with E-state index in [-0.39, 0.29) is 5.91 Å². The summed E-state index contributed by atoms with van der Waals surface area (Å²) in [6, 6.07) is 5.85. The fourth-order valence-electron chi connectivity index (χ4n) is 1.33. The fourth-order valence-corrected chi connectivity index (χ4v) is 1.82. The Balaban J connectivity index is 2.56. The maximum atomic E-state index is 11.7. The van der Waals surface area contributed by atoms with E-state index >= 15 is 0 Å². The number of amides is 2.